The fourth-order valence-electron chi connectivity index (χ4n) is 2.22. The van der Waals surface area contributed by atoms with Crippen molar-refractivity contribution < 1.29 is 17.5 Å². The molecule has 5 nitrogen and oxygen atoms in total. The topological polar surface area (TPSA) is 58.6 Å². The van der Waals surface area contributed by atoms with Gasteiger partial charge < -0.3 is 4.74 Å². The van der Waals surface area contributed by atoms with Crippen LogP contribution in [0.4, 0.5) is 4.39 Å². The molecule has 2 rings (SSSR count). The normalized spacial score (nSPS) is 21.4. The summed E-state index contributed by atoms with van der Waals surface area (Å²) in [7, 11) is -0.711. The van der Waals surface area contributed by atoms with Crippen LogP contribution in [0.3, 0.4) is 0 Å². The molecule has 0 aliphatic carbocycles. The molecule has 0 fully saturated rings. The Kier molecular flexibility index (Phi) is 3.79. The third-order valence-corrected chi connectivity index (χ3v) is 4.74. The Balaban J connectivity index is 2.41. The number of ether oxygens (including phenoxy) is 1. The van der Waals surface area contributed by atoms with Crippen LogP contribution in [-0.4, -0.2) is 32.4 Å². The highest BCUT2D eigenvalue weighted by atomic mass is 32.2. The highest BCUT2D eigenvalue weighted by Crippen LogP contribution is 2.40. The monoisotopic (exact) mass is 302 g/mol. The Bertz CT molecular complexity index is 614. The number of hydrogen-bond acceptors (Lipinski definition) is 3. The molecule has 0 radical (unpaired) electrons. The molecule has 1 aliphatic heterocycles. The molecule has 112 valence electrons. The van der Waals surface area contributed by atoms with Crippen LogP contribution in [0.15, 0.2) is 18.2 Å². The van der Waals surface area contributed by atoms with E-state index in [1.165, 1.54) is 32.3 Å². The Hall–Kier alpha value is -1.18. The Morgan fingerprint density at radius 3 is 2.65 bits per heavy atom. The molecule has 0 aromatic heterocycles. The summed E-state index contributed by atoms with van der Waals surface area (Å²) in [5.74, 6) is 0.0928. The van der Waals surface area contributed by atoms with Gasteiger partial charge in [0.05, 0.1) is 6.04 Å². The molecule has 7 heteroatoms. The van der Waals surface area contributed by atoms with Crippen LogP contribution in [0, 0.1) is 5.82 Å². The standard InChI is InChI=1S/C13H19FN2O3S/c1-13(2)8-11(15-20(17,18)16(3)4)10-7-9(14)5-6-12(10)19-13/h5-7,11,15H,8H2,1-4H3. The second kappa shape index (κ2) is 4.98. The van der Waals surface area contributed by atoms with Crippen molar-refractivity contribution in [2.75, 3.05) is 14.1 Å². The molecule has 1 aromatic rings. The maximum Gasteiger partial charge on any atom is 0.279 e. The van der Waals surface area contributed by atoms with Crippen LogP contribution in [-0.2, 0) is 10.2 Å². The first-order chi connectivity index (χ1) is 9.11. The van der Waals surface area contributed by atoms with Crippen molar-refractivity contribution in [3.05, 3.63) is 29.6 Å². The van der Waals surface area contributed by atoms with Gasteiger partial charge in [-0.05, 0) is 32.0 Å². The summed E-state index contributed by atoms with van der Waals surface area (Å²) >= 11 is 0. The smallest absolute Gasteiger partial charge is 0.279 e. The predicted molar refractivity (Wildman–Crippen MR) is 74.2 cm³/mol. The highest BCUT2D eigenvalue weighted by Gasteiger charge is 2.36. The number of nitrogens with zero attached hydrogens (tertiary/aromatic N) is 1. The van der Waals surface area contributed by atoms with Crippen LogP contribution < -0.4 is 9.46 Å². The van der Waals surface area contributed by atoms with Crippen molar-refractivity contribution in [1.29, 1.82) is 0 Å². The minimum Gasteiger partial charge on any atom is -0.487 e. The summed E-state index contributed by atoms with van der Waals surface area (Å²) in [6, 6.07) is 3.63. The summed E-state index contributed by atoms with van der Waals surface area (Å²) in [5, 5.41) is 0. The van der Waals surface area contributed by atoms with Crippen LogP contribution in [0.2, 0.25) is 0 Å². The van der Waals surface area contributed by atoms with E-state index in [1.807, 2.05) is 13.8 Å². The van der Waals surface area contributed by atoms with E-state index in [9.17, 15) is 12.8 Å². The molecular formula is C13H19FN2O3S. The number of halogens is 1. The van der Waals surface area contributed by atoms with E-state index in [4.69, 9.17) is 4.74 Å². The number of benzene rings is 1. The Morgan fingerprint density at radius 2 is 2.05 bits per heavy atom. The van der Waals surface area contributed by atoms with E-state index in [-0.39, 0.29) is 0 Å². The molecule has 0 saturated heterocycles. The summed E-state index contributed by atoms with van der Waals surface area (Å²) in [5.41, 5.74) is -0.000566. The van der Waals surface area contributed by atoms with Crippen molar-refractivity contribution in [1.82, 2.24) is 9.03 Å². The van der Waals surface area contributed by atoms with Crippen LogP contribution in [0.5, 0.6) is 5.75 Å². The molecule has 0 spiro atoms. The molecule has 1 unspecified atom stereocenters. The van der Waals surface area contributed by atoms with Crippen molar-refractivity contribution in [3.63, 3.8) is 0 Å². The molecule has 0 bridgehead atoms. The molecule has 1 N–H and O–H groups in total. The van der Waals surface area contributed by atoms with E-state index in [0.29, 0.717) is 17.7 Å². The largest absolute Gasteiger partial charge is 0.487 e. The van der Waals surface area contributed by atoms with Crippen molar-refractivity contribution in [2.24, 2.45) is 0 Å². The summed E-state index contributed by atoms with van der Waals surface area (Å²) < 4.78 is 46.8. The average molecular weight is 302 g/mol. The zero-order valence-electron chi connectivity index (χ0n) is 12.0. The van der Waals surface area contributed by atoms with Crippen molar-refractivity contribution in [2.45, 2.75) is 31.9 Å². The molecule has 1 aliphatic rings. The first kappa shape index (κ1) is 15.2. The molecule has 1 heterocycles. The van der Waals surface area contributed by atoms with E-state index >= 15 is 0 Å². The van der Waals surface area contributed by atoms with E-state index in [2.05, 4.69) is 4.72 Å². The van der Waals surface area contributed by atoms with Gasteiger partial charge in [-0.25, -0.2) is 4.39 Å². The number of nitrogens with one attached hydrogen (secondary N) is 1. The SMILES string of the molecule is CN(C)S(=O)(=O)NC1CC(C)(C)Oc2ccc(F)cc21. The lowest BCUT2D eigenvalue weighted by Gasteiger charge is -2.38. The number of fused-ring (bicyclic) bond motifs is 1. The summed E-state index contributed by atoms with van der Waals surface area (Å²) in [6.07, 6.45) is 0.427. The second-order valence-electron chi connectivity index (χ2n) is 5.71. The third kappa shape index (κ3) is 3.11. The predicted octanol–water partition coefficient (Wildman–Crippen LogP) is 1.82. The van der Waals surface area contributed by atoms with Crippen LogP contribution >= 0.6 is 0 Å². The fourth-order valence-corrected chi connectivity index (χ4v) is 3.00. The zero-order chi connectivity index (χ0) is 15.1. The quantitative estimate of drug-likeness (QED) is 0.926. The van der Waals surface area contributed by atoms with Gasteiger partial charge in [-0.1, -0.05) is 0 Å². The highest BCUT2D eigenvalue weighted by molar-refractivity contribution is 7.87. The molecule has 1 atom stereocenters. The van der Waals surface area contributed by atoms with Gasteiger partial charge >= 0.3 is 0 Å². The van der Waals surface area contributed by atoms with Gasteiger partial charge in [0.1, 0.15) is 17.2 Å². The van der Waals surface area contributed by atoms with Gasteiger partial charge in [0.25, 0.3) is 10.2 Å². The van der Waals surface area contributed by atoms with E-state index in [1.54, 1.807) is 0 Å². The van der Waals surface area contributed by atoms with Crippen molar-refractivity contribution >= 4 is 10.2 Å². The molecule has 20 heavy (non-hydrogen) atoms. The Labute approximate surface area is 118 Å². The molecule has 0 saturated carbocycles. The number of hydrogen-bond donors (Lipinski definition) is 1. The zero-order valence-corrected chi connectivity index (χ0v) is 12.8. The molecule has 1 aromatic carbocycles. The summed E-state index contributed by atoms with van der Waals surface area (Å²) in [4.78, 5) is 0. The molecular weight excluding hydrogens is 283 g/mol. The van der Waals surface area contributed by atoms with Gasteiger partial charge in [0.15, 0.2) is 0 Å². The van der Waals surface area contributed by atoms with E-state index in [0.717, 1.165) is 4.31 Å². The van der Waals surface area contributed by atoms with Gasteiger partial charge in [-0.15, -0.1) is 0 Å². The maximum atomic E-state index is 13.4. The maximum absolute atomic E-state index is 13.4. The fraction of sp³-hybridized carbons (Fsp3) is 0.538. The molecule has 0 amide bonds. The summed E-state index contributed by atoms with van der Waals surface area (Å²) in [6.45, 7) is 3.74. The third-order valence-electron chi connectivity index (χ3n) is 3.20. The van der Waals surface area contributed by atoms with Crippen LogP contribution in [0.25, 0.3) is 0 Å². The first-order valence-electron chi connectivity index (χ1n) is 6.29. The first-order valence-corrected chi connectivity index (χ1v) is 7.73. The Morgan fingerprint density at radius 1 is 1.40 bits per heavy atom. The lowest BCUT2D eigenvalue weighted by atomic mass is 9.90. The van der Waals surface area contributed by atoms with Gasteiger partial charge in [-0.3, -0.25) is 0 Å². The van der Waals surface area contributed by atoms with Gasteiger partial charge in [0, 0.05) is 26.1 Å². The van der Waals surface area contributed by atoms with Gasteiger partial charge in [-0.2, -0.15) is 17.4 Å². The van der Waals surface area contributed by atoms with Crippen LogP contribution in [0.1, 0.15) is 31.9 Å². The lowest BCUT2D eigenvalue weighted by Crippen LogP contribution is -2.44. The van der Waals surface area contributed by atoms with E-state index < -0.39 is 27.7 Å². The van der Waals surface area contributed by atoms with Crippen molar-refractivity contribution in [3.8, 4) is 5.75 Å². The second-order valence-corrected chi connectivity index (χ2v) is 7.62. The van der Waals surface area contributed by atoms with Gasteiger partial charge in [0.2, 0.25) is 0 Å². The average Bonchev–Trinajstić information content (AvgIpc) is 2.28. The lowest BCUT2D eigenvalue weighted by molar-refractivity contribution is 0.0697. The number of rotatable bonds is 3. The minimum atomic E-state index is -3.60. The minimum absolute atomic E-state index is 0.416.